The first kappa shape index (κ1) is 15.3. The number of hydrogen-bond donors (Lipinski definition) is 2. The zero-order chi connectivity index (χ0) is 15.8. The molecule has 6 heteroatoms. The number of carbonyl (C=O) groups is 1. The van der Waals surface area contributed by atoms with Gasteiger partial charge in [-0.25, -0.2) is 9.50 Å². The van der Waals surface area contributed by atoms with Gasteiger partial charge in [-0.2, -0.15) is 5.10 Å². The minimum atomic E-state index is -0.844. The molecule has 114 valence electrons. The van der Waals surface area contributed by atoms with Gasteiger partial charge in [0.25, 0.3) is 0 Å². The third-order valence-electron chi connectivity index (χ3n) is 3.21. The summed E-state index contributed by atoms with van der Waals surface area (Å²) in [6, 6.07) is 1.99. The van der Waals surface area contributed by atoms with Crippen molar-refractivity contribution in [3.63, 3.8) is 0 Å². The second kappa shape index (κ2) is 5.02. The van der Waals surface area contributed by atoms with Gasteiger partial charge in [0.1, 0.15) is 5.52 Å². The number of anilines is 1. The molecular weight excluding hydrogens is 268 g/mol. The lowest BCUT2D eigenvalue weighted by Crippen LogP contribution is -2.34. The summed E-state index contributed by atoms with van der Waals surface area (Å²) in [7, 11) is 0. The smallest absolute Gasteiger partial charge is 0.305 e. The van der Waals surface area contributed by atoms with Gasteiger partial charge in [-0.3, -0.25) is 4.79 Å². The van der Waals surface area contributed by atoms with Crippen LogP contribution in [0.1, 0.15) is 46.7 Å². The Kier molecular flexibility index (Phi) is 3.65. The standard InChI is InChI=1S/C15H22N4O2/c1-14(2,3)11-8-10-13(16-6-7-19(10)18-11)17-15(4,5)9-12(20)21/h6-8H,9H2,1-5H3,(H,16,17)(H,20,21). The Morgan fingerprint density at radius 3 is 2.57 bits per heavy atom. The van der Waals surface area contributed by atoms with Crippen LogP contribution in [0.3, 0.4) is 0 Å². The number of aliphatic carboxylic acids is 1. The van der Waals surface area contributed by atoms with Crippen molar-refractivity contribution in [1.82, 2.24) is 14.6 Å². The highest BCUT2D eigenvalue weighted by molar-refractivity contribution is 5.72. The van der Waals surface area contributed by atoms with E-state index < -0.39 is 11.5 Å². The molecule has 0 amide bonds. The highest BCUT2D eigenvalue weighted by atomic mass is 16.4. The molecule has 0 unspecified atom stereocenters. The van der Waals surface area contributed by atoms with Crippen LogP contribution in [0.4, 0.5) is 5.82 Å². The Bertz CT molecular complexity index is 668. The molecule has 21 heavy (non-hydrogen) atoms. The van der Waals surface area contributed by atoms with Gasteiger partial charge < -0.3 is 10.4 Å². The summed E-state index contributed by atoms with van der Waals surface area (Å²) in [5, 5.41) is 16.7. The summed E-state index contributed by atoms with van der Waals surface area (Å²) < 4.78 is 1.77. The van der Waals surface area contributed by atoms with Crippen LogP contribution in [0, 0.1) is 0 Å². The van der Waals surface area contributed by atoms with Crippen LogP contribution in [0.15, 0.2) is 18.5 Å². The van der Waals surface area contributed by atoms with E-state index in [4.69, 9.17) is 5.11 Å². The van der Waals surface area contributed by atoms with Gasteiger partial charge >= 0.3 is 5.97 Å². The summed E-state index contributed by atoms with van der Waals surface area (Å²) in [6.45, 7) is 9.98. The second-order valence-electron chi connectivity index (χ2n) is 6.96. The number of hydrogen-bond acceptors (Lipinski definition) is 4. The van der Waals surface area contributed by atoms with Crippen molar-refractivity contribution in [3.05, 3.63) is 24.2 Å². The van der Waals surface area contributed by atoms with Crippen molar-refractivity contribution in [2.45, 2.75) is 52.0 Å². The summed E-state index contributed by atoms with van der Waals surface area (Å²) >= 11 is 0. The maximum atomic E-state index is 10.9. The number of nitrogens with one attached hydrogen (secondary N) is 1. The topological polar surface area (TPSA) is 79.5 Å². The fourth-order valence-electron chi connectivity index (χ4n) is 2.13. The first-order valence-electron chi connectivity index (χ1n) is 6.93. The average molecular weight is 290 g/mol. The zero-order valence-electron chi connectivity index (χ0n) is 13.1. The second-order valence-corrected chi connectivity index (χ2v) is 6.96. The van der Waals surface area contributed by atoms with Crippen LogP contribution >= 0.6 is 0 Å². The van der Waals surface area contributed by atoms with Crippen LogP contribution in [-0.2, 0) is 10.2 Å². The van der Waals surface area contributed by atoms with Crippen molar-refractivity contribution in [1.29, 1.82) is 0 Å². The van der Waals surface area contributed by atoms with Gasteiger partial charge in [0, 0.05) is 23.3 Å². The number of carboxylic acids is 1. The molecule has 0 fully saturated rings. The van der Waals surface area contributed by atoms with Gasteiger partial charge in [-0.1, -0.05) is 20.8 Å². The first-order valence-corrected chi connectivity index (χ1v) is 6.93. The van der Waals surface area contributed by atoms with E-state index in [9.17, 15) is 4.79 Å². The molecule has 0 saturated heterocycles. The molecule has 0 saturated carbocycles. The molecule has 6 nitrogen and oxygen atoms in total. The van der Waals surface area contributed by atoms with Gasteiger partial charge in [-0.15, -0.1) is 0 Å². The Balaban J connectivity index is 2.41. The van der Waals surface area contributed by atoms with E-state index in [2.05, 4.69) is 36.2 Å². The number of rotatable bonds is 4. The van der Waals surface area contributed by atoms with Crippen LogP contribution in [0.2, 0.25) is 0 Å². The third kappa shape index (κ3) is 3.51. The predicted octanol–water partition coefficient (Wildman–Crippen LogP) is 2.69. The summed E-state index contributed by atoms with van der Waals surface area (Å²) in [5.41, 5.74) is 1.17. The summed E-state index contributed by atoms with van der Waals surface area (Å²) in [6.07, 6.45) is 3.46. The van der Waals surface area contributed by atoms with Crippen molar-refractivity contribution in [3.8, 4) is 0 Å². The van der Waals surface area contributed by atoms with Crippen LogP contribution in [0.5, 0.6) is 0 Å². The maximum absolute atomic E-state index is 10.9. The van der Waals surface area contributed by atoms with Crippen molar-refractivity contribution >= 4 is 17.3 Å². The zero-order valence-corrected chi connectivity index (χ0v) is 13.1. The monoisotopic (exact) mass is 290 g/mol. The van der Waals surface area contributed by atoms with E-state index >= 15 is 0 Å². The quantitative estimate of drug-likeness (QED) is 0.905. The minimum absolute atomic E-state index is 0.00992. The van der Waals surface area contributed by atoms with E-state index in [1.54, 1.807) is 16.9 Å². The molecule has 2 aromatic rings. The van der Waals surface area contributed by atoms with E-state index in [1.165, 1.54) is 0 Å². The number of fused-ring (bicyclic) bond motifs is 1. The van der Waals surface area contributed by atoms with Crippen LogP contribution < -0.4 is 5.32 Å². The van der Waals surface area contributed by atoms with Gasteiger partial charge in [0.2, 0.25) is 0 Å². The molecule has 0 aliphatic heterocycles. The SMILES string of the molecule is CC(C)(CC(=O)O)Nc1nccn2nc(C(C)(C)C)cc12. The molecule has 0 spiro atoms. The lowest BCUT2D eigenvalue weighted by atomic mass is 9.92. The Morgan fingerprint density at radius 1 is 1.33 bits per heavy atom. The molecule has 0 radical (unpaired) electrons. The molecule has 0 aliphatic carbocycles. The van der Waals surface area contributed by atoms with E-state index in [-0.39, 0.29) is 11.8 Å². The van der Waals surface area contributed by atoms with E-state index in [0.29, 0.717) is 5.82 Å². The molecule has 2 aromatic heterocycles. The summed E-state index contributed by atoms with van der Waals surface area (Å²) in [5.74, 6) is -0.199. The van der Waals surface area contributed by atoms with Crippen LogP contribution in [-0.4, -0.2) is 31.2 Å². The average Bonchev–Trinajstić information content (AvgIpc) is 2.70. The summed E-state index contributed by atoms with van der Waals surface area (Å²) in [4.78, 5) is 15.3. The molecular formula is C15H22N4O2. The lowest BCUT2D eigenvalue weighted by Gasteiger charge is -2.25. The normalized spacial score (nSPS) is 12.6. The Morgan fingerprint density at radius 2 is 2.00 bits per heavy atom. The Labute approximate surface area is 124 Å². The van der Waals surface area contributed by atoms with Crippen LogP contribution in [0.25, 0.3) is 5.52 Å². The predicted molar refractivity (Wildman–Crippen MR) is 81.6 cm³/mol. The van der Waals surface area contributed by atoms with Crippen molar-refractivity contribution in [2.75, 3.05) is 5.32 Å². The third-order valence-corrected chi connectivity index (χ3v) is 3.21. The minimum Gasteiger partial charge on any atom is -0.481 e. The fraction of sp³-hybridized carbons (Fsp3) is 0.533. The van der Waals surface area contributed by atoms with Crippen molar-refractivity contribution in [2.24, 2.45) is 0 Å². The highest BCUT2D eigenvalue weighted by Gasteiger charge is 2.24. The largest absolute Gasteiger partial charge is 0.481 e. The molecule has 0 aliphatic rings. The molecule has 2 heterocycles. The highest BCUT2D eigenvalue weighted by Crippen LogP contribution is 2.26. The molecule has 2 N–H and O–H groups in total. The first-order chi connectivity index (χ1) is 9.58. The van der Waals surface area contributed by atoms with Gasteiger partial charge in [0.05, 0.1) is 12.1 Å². The number of aromatic nitrogens is 3. The van der Waals surface area contributed by atoms with Gasteiger partial charge in [-0.05, 0) is 19.9 Å². The fourth-order valence-corrected chi connectivity index (χ4v) is 2.13. The number of carboxylic acid groups (broad SMARTS) is 1. The number of nitrogens with zero attached hydrogens (tertiary/aromatic N) is 3. The van der Waals surface area contributed by atoms with Crippen molar-refractivity contribution < 1.29 is 9.90 Å². The Hall–Kier alpha value is -2.11. The molecule has 0 aromatic carbocycles. The maximum Gasteiger partial charge on any atom is 0.305 e. The lowest BCUT2D eigenvalue weighted by molar-refractivity contribution is -0.137. The van der Waals surface area contributed by atoms with E-state index in [1.807, 2.05) is 19.9 Å². The van der Waals surface area contributed by atoms with Gasteiger partial charge in [0.15, 0.2) is 5.82 Å². The molecule has 0 atom stereocenters. The molecule has 0 bridgehead atoms. The molecule has 2 rings (SSSR count). The van der Waals surface area contributed by atoms with E-state index in [0.717, 1.165) is 11.2 Å².